The lowest BCUT2D eigenvalue weighted by Crippen LogP contribution is -2.10. The van der Waals surface area contributed by atoms with Gasteiger partial charge in [0.25, 0.3) is 0 Å². The SMILES string of the molecule is C=C(C)C(=O)OCCCCSc1ccc(C(=O)Oc2ccc(C(=O)Oc3ccc(C)cc3)cc2)cc1C. The van der Waals surface area contributed by atoms with Crippen molar-refractivity contribution in [2.45, 2.75) is 38.5 Å². The average Bonchev–Trinajstić information content (AvgIpc) is 2.88. The Morgan fingerprint density at radius 2 is 1.35 bits per heavy atom. The Morgan fingerprint density at radius 1 is 0.784 bits per heavy atom. The summed E-state index contributed by atoms with van der Waals surface area (Å²) in [7, 11) is 0. The molecule has 0 saturated heterocycles. The molecule has 0 amide bonds. The van der Waals surface area contributed by atoms with Gasteiger partial charge in [0.2, 0.25) is 0 Å². The van der Waals surface area contributed by atoms with Gasteiger partial charge >= 0.3 is 17.9 Å². The first kappa shape index (κ1) is 27.7. The molecule has 7 heteroatoms. The van der Waals surface area contributed by atoms with Crippen molar-refractivity contribution in [3.8, 4) is 11.5 Å². The van der Waals surface area contributed by atoms with Crippen LogP contribution in [0.25, 0.3) is 0 Å². The highest BCUT2D eigenvalue weighted by molar-refractivity contribution is 7.99. The van der Waals surface area contributed by atoms with Crippen molar-refractivity contribution in [1.82, 2.24) is 0 Å². The minimum atomic E-state index is -0.488. The highest BCUT2D eigenvalue weighted by Crippen LogP contribution is 2.25. The van der Waals surface area contributed by atoms with Gasteiger partial charge in [-0.3, -0.25) is 0 Å². The Balaban J connectivity index is 1.47. The van der Waals surface area contributed by atoms with Crippen LogP contribution in [-0.2, 0) is 9.53 Å². The molecule has 0 aliphatic carbocycles. The van der Waals surface area contributed by atoms with Crippen molar-refractivity contribution in [3.63, 3.8) is 0 Å². The number of benzene rings is 3. The molecule has 0 bridgehead atoms. The second kappa shape index (κ2) is 13.5. The molecule has 0 fully saturated rings. The molecule has 192 valence electrons. The van der Waals surface area contributed by atoms with Crippen molar-refractivity contribution < 1.29 is 28.6 Å². The number of aryl methyl sites for hydroxylation is 2. The molecule has 37 heavy (non-hydrogen) atoms. The Morgan fingerprint density at radius 3 is 1.95 bits per heavy atom. The van der Waals surface area contributed by atoms with E-state index in [2.05, 4.69) is 6.58 Å². The Bertz CT molecular complexity index is 1260. The fourth-order valence-corrected chi connectivity index (χ4v) is 4.23. The number of hydrogen-bond acceptors (Lipinski definition) is 7. The van der Waals surface area contributed by atoms with Crippen molar-refractivity contribution in [2.75, 3.05) is 12.4 Å². The molecule has 3 aromatic rings. The summed E-state index contributed by atoms with van der Waals surface area (Å²) in [6.07, 6.45) is 1.67. The monoisotopic (exact) mass is 518 g/mol. The zero-order chi connectivity index (χ0) is 26.8. The molecular formula is C30H30O6S. The minimum Gasteiger partial charge on any atom is -0.462 e. The molecule has 3 aromatic carbocycles. The first-order valence-corrected chi connectivity index (χ1v) is 12.9. The third-order valence-corrected chi connectivity index (χ3v) is 6.58. The fraction of sp³-hybridized carbons (Fsp3) is 0.233. The Hall–Kier alpha value is -3.84. The molecule has 0 aliphatic heterocycles. The van der Waals surface area contributed by atoms with Gasteiger partial charge in [0.15, 0.2) is 0 Å². The summed E-state index contributed by atoms with van der Waals surface area (Å²) < 4.78 is 15.9. The summed E-state index contributed by atoms with van der Waals surface area (Å²) >= 11 is 1.69. The molecule has 0 atom stereocenters. The first-order valence-electron chi connectivity index (χ1n) is 11.9. The standard InChI is InChI=1S/C30H30O6S/c1-20(2)28(31)34-17-5-6-18-37-27-16-11-24(19-22(27)4)30(33)36-26-14-9-23(10-15-26)29(32)35-25-12-7-21(3)8-13-25/h7-16,19H,1,5-6,17-18H2,2-4H3. The summed E-state index contributed by atoms with van der Waals surface area (Å²) in [5.41, 5.74) is 3.25. The lowest BCUT2D eigenvalue weighted by molar-refractivity contribution is -0.139. The van der Waals surface area contributed by atoms with Crippen LogP contribution in [0.2, 0.25) is 0 Å². The normalized spacial score (nSPS) is 10.5. The van der Waals surface area contributed by atoms with E-state index in [1.54, 1.807) is 67.2 Å². The molecule has 6 nitrogen and oxygen atoms in total. The third-order valence-electron chi connectivity index (χ3n) is 5.32. The maximum Gasteiger partial charge on any atom is 0.343 e. The van der Waals surface area contributed by atoms with Crippen molar-refractivity contribution in [1.29, 1.82) is 0 Å². The molecule has 0 spiro atoms. The third kappa shape index (κ3) is 8.65. The quantitative estimate of drug-likeness (QED) is 0.0915. The van der Waals surface area contributed by atoms with Gasteiger partial charge in [0.05, 0.1) is 17.7 Å². The van der Waals surface area contributed by atoms with E-state index in [-0.39, 0.29) is 5.97 Å². The van der Waals surface area contributed by atoms with Gasteiger partial charge in [-0.2, -0.15) is 0 Å². The molecular weight excluding hydrogens is 488 g/mol. The number of ether oxygens (including phenoxy) is 3. The predicted molar refractivity (Wildman–Crippen MR) is 144 cm³/mol. The predicted octanol–water partition coefficient (Wildman–Crippen LogP) is 6.73. The molecule has 0 aromatic heterocycles. The highest BCUT2D eigenvalue weighted by atomic mass is 32.2. The van der Waals surface area contributed by atoms with E-state index >= 15 is 0 Å². The van der Waals surface area contributed by atoms with Crippen LogP contribution in [0.3, 0.4) is 0 Å². The van der Waals surface area contributed by atoms with Gasteiger partial charge in [-0.1, -0.05) is 24.3 Å². The number of unbranched alkanes of at least 4 members (excludes halogenated alkanes) is 1. The number of thioether (sulfide) groups is 1. The van der Waals surface area contributed by atoms with E-state index < -0.39 is 11.9 Å². The smallest absolute Gasteiger partial charge is 0.343 e. The van der Waals surface area contributed by atoms with Crippen LogP contribution in [0.15, 0.2) is 83.8 Å². The van der Waals surface area contributed by atoms with Gasteiger partial charge in [-0.05, 0) is 99.5 Å². The van der Waals surface area contributed by atoms with Gasteiger partial charge < -0.3 is 14.2 Å². The second-order valence-corrected chi connectivity index (χ2v) is 9.71. The Kier molecular flexibility index (Phi) is 10.1. The van der Waals surface area contributed by atoms with Crippen LogP contribution in [0, 0.1) is 13.8 Å². The minimum absolute atomic E-state index is 0.334. The van der Waals surface area contributed by atoms with Gasteiger partial charge in [-0.25, -0.2) is 14.4 Å². The molecule has 0 saturated carbocycles. The molecule has 0 heterocycles. The largest absolute Gasteiger partial charge is 0.462 e. The van der Waals surface area contributed by atoms with E-state index in [0.717, 1.165) is 34.6 Å². The van der Waals surface area contributed by atoms with Crippen LogP contribution in [0.4, 0.5) is 0 Å². The van der Waals surface area contributed by atoms with Crippen LogP contribution in [0.1, 0.15) is 51.6 Å². The number of carbonyl (C=O) groups is 3. The lowest BCUT2D eigenvalue weighted by Gasteiger charge is -2.09. The van der Waals surface area contributed by atoms with Crippen LogP contribution < -0.4 is 9.47 Å². The van der Waals surface area contributed by atoms with Crippen molar-refractivity contribution >= 4 is 29.7 Å². The van der Waals surface area contributed by atoms with E-state index in [0.29, 0.717) is 34.8 Å². The maximum absolute atomic E-state index is 12.6. The number of hydrogen-bond donors (Lipinski definition) is 0. The lowest BCUT2D eigenvalue weighted by atomic mass is 10.1. The number of esters is 3. The summed E-state index contributed by atoms with van der Waals surface area (Å²) in [5, 5.41) is 0. The first-order chi connectivity index (χ1) is 17.7. The van der Waals surface area contributed by atoms with E-state index in [9.17, 15) is 14.4 Å². The molecule has 0 N–H and O–H groups in total. The molecule has 3 rings (SSSR count). The van der Waals surface area contributed by atoms with E-state index in [1.807, 2.05) is 32.0 Å². The van der Waals surface area contributed by atoms with Gasteiger partial charge in [0.1, 0.15) is 11.5 Å². The topological polar surface area (TPSA) is 78.9 Å². The summed E-state index contributed by atoms with van der Waals surface area (Å²) in [5.74, 6) is 0.343. The zero-order valence-corrected chi connectivity index (χ0v) is 22.1. The average molecular weight is 519 g/mol. The van der Waals surface area contributed by atoms with Crippen LogP contribution >= 0.6 is 11.8 Å². The summed E-state index contributed by atoms with van der Waals surface area (Å²) in [6, 6.07) is 18.9. The van der Waals surface area contributed by atoms with E-state index in [4.69, 9.17) is 14.2 Å². The maximum atomic E-state index is 12.6. The fourth-order valence-electron chi connectivity index (χ4n) is 3.21. The highest BCUT2D eigenvalue weighted by Gasteiger charge is 2.13. The Labute approximate surface area is 221 Å². The second-order valence-electron chi connectivity index (χ2n) is 8.57. The van der Waals surface area contributed by atoms with Crippen LogP contribution in [-0.4, -0.2) is 30.3 Å². The van der Waals surface area contributed by atoms with Gasteiger partial charge in [-0.15, -0.1) is 11.8 Å². The molecule has 0 unspecified atom stereocenters. The molecule has 0 aliphatic rings. The summed E-state index contributed by atoms with van der Waals surface area (Å²) in [4.78, 5) is 37.4. The number of rotatable bonds is 11. The van der Waals surface area contributed by atoms with E-state index in [1.165, 1.54) is 0 Å². The van der Waals surface area contributed by atoms with Gasteiger partial charge in [0, 0.05) is 10.5 Å². The number of carbonyl (C=O) groups excluding carboxylic acids is 3. The van der Waals surface area contributed by atoms with Crippen molar-refractivity contribution in [2.24, 2.45) is 0 Å². The zero-order valence-electron chi connectivity index (χ0n) is 21.2. The summed E-state index contributed by atoms with van der Waals surface area (Å²) in [6.45, 7) is 9.47. The molecule has 0 radical (unpaired) electrons. The van der Waals surface area contributed by atoms with Crippen molar-refractivity contribution in [3.05, 3.63) is 101 Å². The van der Waals surface area contributed by atoms with Crippen LogP contribution in [0.5, 0.6) is 11.5 Å².